The van der Waals surface area contributed by atoms with Crippen molar-refractivity contribution in [3.8, 4) is 11.5 Å². The molecular weight excluding hydrogens is 401 g/mol. The number of ether oxygens (including phenoxy) is 2. The number of aliphatic hydroxyl groups is 1. The molecule has 1 aliphatic carbocycles. The second kappa shape index (κ2) is 14.7. The fourth-order valence-electron chi connectivity index (χ4n) is 3.30. The first-order valence-electron chi connectivity index (χ1n) is 11.5. The van der Waals surface area contributed by atoms with Gasteiger partial charge in [0.2, 0.25) is 0 Å². The van der Waals surface area contributed by atoms with Crippen LogP contribution in [0.15, 0.2) is 18.2 Å². The highest BCUT2D eigenvalue weighted by molar-refractivity contribution is 7.39. The van der Waals surface area contributed by atoms with Gasteiger partial charge in [-0.25, -0.2) is 0 Å². The Morgan fingerprint density at radius 1 is 1.13 bits per heavy atom. The van der Waals surface area contributed by atoms with E-state index in [-0.39, 0.29) is 6.04 Å². The third kappa shape index (κ3) is 10.7. The summed E-state index contributed by atoms with van der Waals surface area (Å²) < 4.78 is 28.3. The summed E-state index contributed by atoms with van der Waals surface area (Å²) in [5.41, 5.74) is 7.27. The van der Waals surface area contributed by atoms with Crippen LogP contribution in [0, 0.1) is 0 Å². The van der Waals surface area contributed by atoms with Crippen LogP contribution in [0.4, 0.5) is 0 Å². The van der Waals surface area contributed by atoms with Gasteiger partial charge in [0.1, 0.15) is 0 Å². The number of nitrogens with two attached hydrogens (primary N) is 1. The van der Waals surface area contributed by atoms with Crippen LogP contribution >= 0.6 is 8.03 Å². The van der Waals surface area contributed by atoms with Gasteiger partial charge in [0.05, 0.1) is 12.7 Å². The third-order valence-electron chi connectivity index (χ3n) is 5.21. The number of rotatable bonds is 18. The molecular formula is C23H39NO5P+. The van der Waals surface area contributed by atoms with Crippen molar-refractivity contribution in [3.05, 3.63) is 23.8 Å². The van der Waals surface area contributed by atoms with Gasteiger partial charge >= 0.3 is 8.03 Å². The van der Waals surface area contributed by atoms with Crippen molar-refractivity contribution in [3.63, 3.8) is 0 Å². The summed E-state index contributed by atoms with van der Waals surface area (Å²) in [4.78, 5) is 0. The molecule has 0 radical (unpaired) electrons. The van der Waals surface area contributed by atoms with Gasteiger partial charge in [-0.05, 0) is 47.9 Å². The standard InChI is InChI=1S/C23H39NO5P/c1-2-3-4-5-6-7-8-14-27-22-12-9-19(17-23(22)29-21-10-11-21)16-20(24)13-15-30(26)28-18-25/h9,12,17,20-21,25H,2-8,10-11,13-16,18,24H2,1H3/q+1. The second-order valence-electron chi connectivity index (χ2n) is 8.14. The Bertz CT molecular complexity index is 624. The highest BCUT2D eigenvalue weighted by Gasteiger charge is 2.25. The van der Waals surface area contributed by atoms with Crippen LogP contribution < -0.4 is 15.2 Å². The molecule has 0 saturated heterocycles. The molecule has 30 heavy (non-hydrogen) atoms. The minimum atomic E-state index is -1.84. The van der Waals surface area contributed by atoms with E-state index in [1.807, 2.05) is 18.2 Å². The SMILES string of the molecule is CCCCCCCCCOc1ccc(CC(N)CC[P+](=O)OCO)cc1OC1CC1. The molecule has 1 saturated carbocycles. The second-order valence-corrected chi connectivity index (χ2v) is 9.51. The molecule has 2 rings (SSSR count). The summed E-state index contributed by atoms with van der Waals surface area (Å²) in [6, 6.07) is 5.92. The minimum Gasteiger partial charge on any atom is -0.490 e. The lowest BCUT2D eigenvalue weighted by atomic mass is 10.0. The molecule has 0 aliphatic heterocycles. The lowest BCUT2D eigenvalue weighted by Crippen LogP contribution is -2.23. The average molecular weight is 441 g/mol. The normalized spacial score (nSPS) is 15.1. The fourth-order valence-corrected chi connectivity index (χ4v) is 4.10. The number of unbranched alkanes of at least 4 members (excludes halogenated alkanes) is 6. The summed E-state index contributed by atoms with van der Waals surface area (Å²) >= 11 is 0. The maximum Gasteiger partial charge on any atom is 0.510 e. The molecule has 1 aliphatic rings. The molecule has 1 aromatic rings. The molecule has 1 fully saturated rings. The lowest BCUT2D eigenvalue weighted by Gasteiger charge is -2.15. The highest BCUT2D eigenvalue weighted by Crippen LogP contribution is 2.35. The van der Waals surface area contributed by atoms with E-state index < -0.39 is 14.8 Å². The number of benzene rings is 1. The van der Waals surface area contributed by atoms with Crippen LogP contribution in [-0.4, -0.2) is 36.8 Å². The number of hydrogen-bond donors (Lipinski definition) is 2. The van der Waals surface area contributed by atoms with Crippen molar-refractivity contribution in [1.82, 2.24) is 0 Å². The van der Waals surface area contributed by atoms with Crippen molar-refractivity contribution in [2.24, 2.45) is 5.73 Å². The zero-order valence-electron chi connectivity index (χ0n) is 18.4. The van der Waals surface area contributed by atoms with E-state index in [9.17, 15) is 4.57 Å². The highest BCUT2D eigenvalue weighted by atomic mass is 31.1. The first-order chi connectivity index (χ1) is 14.6. The van der Waals surface area contributed by atoms with Gasteiger partial charge < -0.3 is 20.3 Å². The predicted molar refractivity (Wildman–Crippen MR) is 121 cm³/mol. The van der Waals surface area contributed by atoms with E-state index in [2.05, 4.69) is 11.4 Å². The first-order valence-corrected chi connectivity index (χ1v) is 12.8. The lowest BCUT2D eigenvalue weighted by molar-refractivity contribution is 0.107. The van der Waals surface area contributed by atoms with Crippen molar-refractivity contribution in [1.29, 1.82) is 0 Å². The molecule has 6 nitrogen and oxygen atoms in total. The Morgan fingerprint density at radius 3 is 2.57 bits per heavy atom. The molecule has 0 bridgehead atoms. The van der Waals surface area contributed by atoms with Gasteiger partial charge in [0, 0.05) is 12.5 Å². The minimum absolute atomic E-state index is 0.125. The van der Waals surface area contributed by atoms with E-state index in [0.29, 0.717) is 31.7 Å². The first kappa shape index (κ1) is 25.1. The van der Waals surface area contributed by atoms with Crippen LogP contribution in [0.5, 0.6) is 11.5 Å². The van der Waals surface area contributed by atoms with Gasteiger partial charge in [-0.2, -0.15) is 0 Å². The molecule has 0 spiro atoms. The van der Waals surface area contributed by atoms with Gasteiger partial charge in [-0.15, -0.1) is 4.52 Å². The molecule has 3 N–H and O–H groups in total. The monoisotopic (exact) mass is 440 g/mol. The zero-order valence-corrected chi connectivity index (χ0v) is 19.3. The molecule has 1 aromatic carbocycles. The Balaban J connectivity index is 1.78. The Morgan fingerprint density at radius 2 is 1.87 bits per heavy atom. The number of aliphatic hydroxyl groups excluding tert-OH is 1. The van der Waals surface area contributed by atoms with E-state index in [1.165, 1.54) is 38.5 Å². The zero-order chi connectivity index (χ0) is 21.6. The average Bonchev–Trinajstić information content (AvgIpc) is 3.54. The number of hydrogen-bond acceptors (Lipinski definition) is 6. The van der Waals surface area contributed by atoms with Crippen molar-refractivity contribution in [2.75, 3.05) is 19.6 Å². The molecule has 2 unspecified atom stereocenters. The van der Waals surface area contributed by atoms with E-state index in [1.54, 1.807) is 0 Å². The van der Waals surface area contributed by atoms with Crippen LogP contribution in [0.2, 0.25) is 0 Å². The fraction of sp³-hybridized carbons (Fsp3) is 0.739. The topological polar surface area (TPSA) is 91.0 Å². The Kier molecular flexibility index (Phi) is 12.3. The molecule has 7 heteroatoms. The van der Waals surface area contributed by atoms with E-state index >= 15 is 0 Å². The van der Waals surface area contributed by atoms with Gasteiger partial charge in [0.25, 0.3) is 0 Å². The summed E-state index contributed by atoms with van der Waals surface area (Å²) in [7, 11) is -1.84. The smallest absolute Gasteiger partial charge is 0.490 e. The van der Waals surface area contributed by atoms with Crippen LogP contribution in [0.3, 0.4) is 0 Å². The summed E-state index contributed by atoms with van der Waals surface area (Å²) in [5, 5.41) is 8.64. The van der Waals surface area contributed by atoms with Crippen molar-refractivity contribution in [2.45, 2.75) is 89.7 Å². The largest absolute Gasteiger partial charge is 0.510 e. The van der Waals surface area contributed by atoms with Crippen LogP contribution in [0.1, 0.15) is 76.7 Å². The van der Waals surface area contributed by atoms with Crippen LogP contribution in [0.25, 0.3) is 0 Å². The summed E-state index contributed by atoms with van der Waals surface area (Å²) in [6.45, 7) is 2.43. The van der Waals surface area contributed by atoms with E-state index in [4.69, 9.17) is 20.3 Å². The van der Waals surface area contributed by atoms with E-state index in [0.717, 1.165) is 36.3 Å². The molecule has 0 aromatic heterocycles. The molecule has 2 atom stereocenters. The maximum atomic E-state index is 11.5. The van der Waals surface area contributed by atoms with Crippen LogP contribution in [-0.2, 0) is 15.5 Å². The summed E-state index contributed by atoms with van der Waals surface area (Å²) in [6.07, 6.45) is 12.9. The quantitative estimate of drug-likeness (QED) is 0.182. The van der Waals surface area contributed by atoms with Crippen molar-refractivity contribution >= 4 is 8.03 Å². The predicted octanol–water partition coefficient (Wildman–Crippen LogP) is 5.33. The maximum absolute atomic E-state index is 11.5. The molecule has 0 heterocycles. The van der Waals surface area contributed by atoms with Gasteiger partial charge in [-0.1, -0.05) is 51.5 Å². The molecule has 0 amide bonds. The van der Waals surface area contributed by atoms with Gasteiger partial charge in [-0.3, -0.25) is 0 Å². The van der Waals surface area contributed by atoms with Gasteiger partial charge in [0.15, 0.2) is 24.5 Å². The molecule has 170 valence electrons. The Labute approximate surface area is 182 Å². The summed E-state index contributed by atoms with van der Waals surface area (Å²) in [5.74, 6) is 1.62. The van der Waals surface area contributed by atoms with Crippen molar-refractivity contribution < 1.29 is 23.7 Å². The Hall–Kier alpha value is -1.20. The third-order valence-corrected chi connectivity index (χ3v) is 6.24.